The zero-order chi connectivity index (χ0) is 12.1. The SMILES string of the molecule is COCC(C)CCNc1ncnc2nc[nH]c12. The van der Waals surface area contributed by atoms with Crippen LogP contribution in [-0.2, 0) is 4.74 Å². The Balaban J connectivity index is 1.92. The zero-order valence-electron chi connectivity index (χ0n) is 10.1. The number of imidazole rings is 1. The quantitative estimate of drug-likeness (QED) is 0.792. The second-order valence-corrected chi connectivity index (χ2v) is 4.10. The minimum absolute atomic E-state index is 0.534. The van der Waals surface area contributed by atoms with E-state index in [9.17, 15) is 0 Å². The topological polar surface area (TPSA) is 75.7 Å². The smallest absolute Gasteiger partial charge is 0.182 e. The van der Waals surface area contributed by atoms with Crippen LogP contribution in [0.2, 0.25) is 0 Å². The first-order valence-electron chi connectivity index (χ1n) is 5.68. The molecule has 0 aromatic carbocycles. The van der Waals surface area contributed by atoms with Gasteiger partial charge in [0.2, 0.25) is 0 Å². The van der Waals surface area contributed by atoms with Gasteiger partial charge in [-0.2, -0.15) is 0 Å². The van der Waals surface area contributed by atoms with Crippen molar-refractivity contribution in [2.45, 2.75) is 13.3 Å². The molecule has 0 aliphatic rings. The molecule has 1 unspecified atom stereocenters. The van der Waals surface area contributed by atoms with E-state index >= 15 is 0 Å². The van der Waals surface area contributed by atoms with E-state index < -0.39 is 0 Å². The maximum atomic E-state index is 5.09. The van der Waals surface area contributed by atoms with Gasteiger partial charge in [-0.05, 0) is 12.3 Å². The van der Waals surface area contributed by atoms with Gasteiger partial charge in [0.25, 0.3) is 0 Å². The highest BCUT2D eigenvalue weighted by Gasteiger charge is 2.06. The fourth-order valence-electron chi connectivity index (χ4n) is 1.70. The maximum Gasteiger partial charge on any atom is 0.182 e. The van der Waals surface area contributed by atoms with Crippen LogP contribution >= 0.6 is 0 Å². The Morgan fingerprint density at radius 2 is 2.29 bits per heavy atom. The number of hydrogen-bond acceptors (Lipinski definition) is 5. The molecule has 2 N–H and O–H groups in total. The second-order valence-electron chi connectivity index (χ2n) is 4.10. The molecule has 0 aliphatic carbocycles. The van der Waals surface area contributed by atoms with Crippen molar-refractivity contribution in [3.05, 3.63) is 12.7 Å². The molecule has 6 nitrogen and oxygen atoms in total. The van der Waals surface area contributed by atoms with Crippen molar-refractivity contribution >= 4 is 17.0 Å². The number of hydrogen-bond donors (Lipinski definition) is 2. The van der Waals surface area contributed by atoms with Crippen molar-refractivity contribution in [1.82, 2.24) is 19.9 Å². The Morgan fingerprint density at radius 3 is 3.12 bits per heavy atom. The monoisotopic (exact) mass is 235 g/mol. The van der Waals surface area contributed by atoms with Crippen LogP contribution in [0.15, 0.2) is 12.7 Å². The lowest BCUT2D eigenvalue weighted by atomic mass is 10.1. The van der Waals surface area contributed by atoms with E-state index in [-0.39, 0.29) is 0 Å². The van der Waals surface area contributed by atoms with Crippen molar-refractivity contribution in [2.75, 3.05) is 25.6 Å². The summed E-state index contributed by atoms with van der Waals surface area (Å²) in [5, 5.41) is 3.29. The van der Waals surface area contributed by atoms with E-state index in [4.69, 9.17) is 4.74 Å². The summed E-state index contributed by atoms with van der Waals surface area (Å²) in [6.07, 6.45) is 4.18. The largest absolute Gasteiger partial charge is 0.384 e. The number of methoxy groups -OCH3 is 1. The fraction of sp³-hybridized carbons (Fsp3) is 0.545. The van der Waals surface area contributed by atoms with Gasteiger partial charge < -0.3 is 15.0 Å². The van der Waals surface area contributed by atoms with Crippen molar-refractivity contribution < 1.29 is 4.74 Å². The molecule has 0 spiro atoms. The highest BCUT2D eigenvalue weighted by molar-refractivity contribution is 5.81. The van der Waals surface area contributed by atoms with Crippen molar-refractivity contribution in [2.24, 2.45) is 5.92 Å². The number of H-pyrrole nitrogens is 1. The average molecular weight is 235 g/mol. The Morgan fingerprint density at radius 1 is 1.41 bits per heavy atom. The molecule has 0 bridgehead atoms. The second kappa shape index (κ2) is 5.58. The maximum absolute atomic E-state index is 5.09. The van der Waals surface area contributed by atoms with Crippen LogP contribution in [0.25, 0.3) is 11.2 Å². The third-order valence-electron chi connectivity index (χ3n) is 2.60. The molecule has 0 aliphatic heterocycles. The minimum atomic E-state index is 0.534. The molecule has 0 amide bonds. The molecule has 2 aromatic rings. The molecular weight excluding hydrogens is 218 g/mol. The summed E-state index contributed by atoms with van der Waals surface area (Å²) in [5.74, 6) is 1.34. The van der Waals surface area contributed by atoms with Crippen LogP contribution in [0.5, 0.6) is 0 Å². The number of nitrogens with one attached hydrogen (secondary N) is 2. The van der Waals surface area contributed by atoms with Gasteiger partial charge in [-0.25, -0.2) is 15.0 Å². The summed E-state index contributed by atoms with van der Waals surface area (Å²) in [6.45, 7) is 3.80. The Kier molecular flexibility index (Phi) is 3.87. The van der Waals surface area contributed by atoms with E-state index in [1.807, 2.05) is 0 Å². The van der Waals surface area contributed by atoms with E-state index in [2.05, 4.69) is 32.2 Å². The predicted molar refractivity (Wildman–Crippen MR) is 65.8 cm³/mol. The average Bonchev–Trinajstić information content (AvgIpc) is 2.78. The van der Waals surface area contributed by atoms with Gasteiger partial charge in [0.15, 0.2) is 11.5 Å². The van der Waals surface area contributed by atoms with Crippen LogP contribution in [0.3, 0.4) is 0 Å². The van der Waals surface area contributed by atoms with Gasteiger partial charge in [-0.1, -0.05) is 6.92 Å². The van der Waals surface area contributed by atoms with Crippen LogP contribution < -0.4 is 5.32 Å². The number of rotatable bonds is 6. The lowest BCUT2D eigenvalue weighted by Crippen LogP contribution is -2.11. The van der Waals surface area contributed by atoms with Gasteiger partial charge in [-0.3, -0.25) is 0 Å². The molecule has 0 saturated carbocycles. The van der Waals surface area contributed by atoms with Crippen molar-refractivity contribution in [1.29, 1.82) is 0 Å². The Hall–Kier alpha value is -1.69. The minimum Gasteiger partial charge on any atom is -0.384 e. The molecule has 6 heteroatoms. The zero-order valence-corrected chi connectivity index (χ0v) is 10.1. The Bertz CT molecular complexity index is 470. The molecule has 1 atom stereocenters. The summed E-state index contributed by atoms with van der Waals surface area (Å²) in [6, 6.07) is 0. The molecule has 0 radical (unpaired) electrons. The van der Waals surface area contributed by atoms with E-state index in [1.54, 1.807) is 13.4 Å². The van der Waals surface area contributed by atoms with Gasteiger partial charge in [0.1, 0.15) is 11.8 Å². The van der Waals surface area contributed by atoms with E-state index in [1.165, 1.54) is 6.33 Å². The van der Waals surface area contributed by atoms with Gasteiger partial charge in [0.05, 0.1) is 6.33 Å². The first kappa shape index (κ1) is 11.8. The number of aromatic nitrogens is 4. The Labute approximate surface area is 99.8 Å². The molecule has 0 fully saturated rings. The lowest BCUT2D eigenvalue weighted by Gasteiger charge is -2.11. The third-order valence-corrected chi connectivity index (χ3v) is 2.60. The van der Waals surface area contributed by atoms with Crippen LogP contribution in [0.4, 0.5) is 5.82 Å². The number of anilines is 1. The molecule has 2 rings (SSSR count). The molecular formula is C11H17N5O. The van der Waals surface area contributed by atoms with Crippen LogP contribution in [0, 0.1) is 5.92 Å². The normalized spacial score (nSPS) is 12.8. The molecule has 17 heavy (non-hydrogen) atoms. The summed E-state index contributed by atoms with van der Waals surface area (Å²) in [5.41, 5.74) is 1.54. The number of nitrogens with zero attached hydrogens (tertiary/aromatic N) is 3. The summed E-state index contributed by atoms with van der Waals surface area (Å²) in [4.78, 5) is 15.4. The summed E-state index contributed by atoms with van der Waals surface area (Å²) < 4.78 is 5.09. The number of ether oxygens (including phenoxy) is 1. The van der Waals surface area contributed by atoms with Gasteiger partial charge >= 0.3 is 0 Å². The molecule has 2 aromatic heterocycles. The predicted octanol–water partition coefficient (Wildman–Crippen LogP) is 1.44. The summed E-state index contributed by atoms with van der Waals surface area (Å²) >= 11 is 0. The van der Waals surface area contributed by atoms with E-state index in [0.717, 1.165) is 30.9 Å². The molecule has 2 heterocycles. The third kappa shape index (κ3) is 2.91. The first-order chi connectivity index (χ1) is 8.31. The highest BCUT2D eigenvalue weighted by Crippen LogP contribution is 2.14. The van der Waals surface area contributed by atoms with E-state index in [0.29, 0.717) is 11.6 Å². The van der Waals surface area contributed by atoms with Crippen molar-refractivity contribution in [3.63, 3.8) is 0 Å². The summed E-state index contributed by atoms with van der Waals surface area (Å²) in [7, 11) is 1.72. The lowest BCUT2D eigenvalue weighted by molar-refractivity contribution is 0.157. The van der Waals surface area contributed by atoms with Crippen LogP contribution in [0.1, 0.15) is 13.3 Å². The molecule has 0 saturated heterocycles. The van der Waals surface area contributed by atoms with Crippen LogP contribution in [-0.4, -0.2) is 40.2 Å². The molecule has 92 valence electrons. The van der Waals surface area contributed by atoms with Gasteiger partial charge in [-0.15, -0.1) is 0 Å². The number of fused-ring (bicyclic) bond motifs is 1. The highest BCUT2D eigenvalue weighted by atomic mass is 16.5. The first-order valence-corrected chi connectivity index (χ1v) is 5.68. The van der Waals surface area contributed by atoms with Gasteiger partial charge in [0, 0.05) is 20.3 Å². The van der Waals surface area contributed by atoms with Crippen molar-refractivity contribution in [3.8, 4) is 0 Å². The fourth-order valence-corrected chi connectivity index (χ4v) is 1.70. The standard InChI is InChI=1S/C11H17N5O/c1-8(5-17-2)3-4-12-10-9-11(14-6-13-9)16-7-15-10/h6-8H,3-5H2,1-2H3,(H2,12,13,14,15,16). The number of aromatic amines is 1.